The van der Waals surface area contributed by atoms with Gasteiger partial charge in [-0.3, -0.25) is 0 Å². The number of benzene rings is 1. The van der Waals surface area contributed by atoms with E-state index < -0.39 is 11.6 Å². The van der Waals surface area contributed by atoms with E-state index in [4.69, 9.17) is 13.9 Å². The first-order valence-electron chi connectivity index (χ1n) is 9.83. The fraction of sp³-hybridized carbons (Fsp3) is 0.571. The zero-order chi connectivity index (χ0) is 21.3. The number of para-hydroxylation sites is 1. The summed E-state index contributed by atoms with van der Waals surface area (Å²) in [6.45, 7) is 11.4. The van der Waals surface area contributed by atoms with Gasteiger partial charge < -0.3 is 23.7 Å². The van der Waals surface area contributed by atoms with Crippen molar-refractivity contribution in [2.24, 2.45) is 5.92 Å². The van der Waals surface area contributed by atoms with Crippen LogP contribution in [-0.4, -0.2) is 60.3 Å². The molecule has 2 aromatic rings. The maximum absolute atomic E-state index is 12.7. The number of aromatic nitrogens is 1. The third-order valence-electron chi connectivity index (χ3n) is 4.90. The van der Waals surface area contributed by atoms with Gasteiger partial charge in [0.1, 0.15) is 11.1 Å². The lowest BCUT2D eigenvalue weighted by Gasteiger charge is -2.42. The molecule has 29 heavy (non-hydrogen) atoms. The van der Waals surface area contributed by atoms with Crippen molar-refractivity contribution in [2.75, 3.05) is 31.6 Å². The molecule has 8 nitrogen and oxygen atoms in total. The Kier molecular flexibility index (Phi) is 5.73. The highest BCUT2D eigenvalue weighted by Crippen LogP contribution is 2.28. The lowest BCUT2D eigenvalue weighted by molar-refractivity contribution is 0.00851. The highest BCUT2D eigenvalue weighted by Gasteiger charge is 2.36. The molecule has 1 amide bonds. The van der Waals surface area contributed by atoms with Crippen molar-refractivity contribution in [3.05, 3.63) is 23.8 Å². The molecule has 1 aliphatic heterocycles. The van der Waals surface area contributed by atoms with E-state index in [-0.39, 0.29) is 18.1 Å². The smallest absolute Gasteiger partial charge is 0.410 e. The number of amides is 1. The van der Waals surface area contributed by atoms with Crippen LogP contribution in [0.3, 0.4) is 0 Å². The summed E-state index contributed by atoms with van der Waals surface area (Å²) in [7, 11) is 1.34. The maximum Gasteiger partial charge on any atom is 0.410 e. The van der Waals surface area contributed by atoms with Crippen LogP contribution in [0.4, 0.5) is 10.8 Å². The maximum atomic E-state index is 12.7. The van der Waals surface area contributed by atoms with Crippen LogP contribution in [0.5, 0.6) is 0 Å². The van der Waals surface area contributed by atoms with Gasteiger partial charge in [0.15, 0.2) is 5.58 Å². The number of hydrogen-bond acceptors (Lipinski definition) is 7. The summed E-state index contributed by atoms with van der Waals surface area (Å²) in [5.74, 6) is -0.231. The van der Waals surface area contributed by atoms with Crippen LogP contribution in [-0.2, 0) is 9.47 Å². The number of esters is 1. The van der Waals surface area contributed by atoms with Crippen LogP contribution in [0.1, 0.15) is 45.0 Å². The van der Waals surface area contributed by atoms with Gasteiger partial charge in [0.05, 0.1) is 18.7 Å². The predicted octanol–water partition coefficient (Wildman–Crippen LogP) is 3.70. The van der Waals surface area contributed by atoms with Crippen molar-refractivity contribution in [2.45, 2.75) is 46.3 Å². The summed E-state index contributed by atoms with van der Waals surface area (Å²) in [6, 6.07) is 5.56. The number of methoxy groups -OCH3 is 1. The molecule has 0 spiro atoms. The molecular formula is C21H29N3O5. The highest BCUT2D eigenvalue weighted by molar-refractivity contribution is 6.01. The lowest BCUT2D eigenvalue weighted by Crippen LogP contribution is -2.58. The Balaban J connectivity index is 1.85. The molecule has 2 heterocycles. The molecule has 0 N–H and O–H groups in total. The van der Waals surface area contributed by atoms with Gasteiger partial charge in [-0.2, -0.15) is 4.98 Å². The summed E-state index contributed by atoms with van der Waals surface area (Å²) in [6.07, 6.45) is -0.304. The van der Waals surface area contributed by atoms with E-state index in [1.807, 2.05) is 25.7 Å². The fourth-order valence-corrected chi connectivity index (χ4v) is 3.45. The Hall–Kier alpha value is -2.77. The number of carbonyl (C=O) groups excluding carboxylic acids is 2. The van der Waals surface area contributed by atoms with Crippen molar-refractivity contribution < 1.29 is 23.5 Å². The molecule has 1 aromatic heterocycles. The minimum absolute atomic E-state index is 0.0475. The Labute approximate surface area is 170 Å². The fourth-order valence-electron chi connectivity index (χ4n) is 3.45. The third-order valence-corrected chi connectivity index (χ3v) is 4.90. The van der Waals surface area contributed by atoms with Gasteiger partial charge in [-0.25, -0.2) is 9.59 Å². The number of ether oxygens (including phenoxy) is 2. The number of oxazole rings is 1. The second kappa shape index (κ2) is 7.93. The molecule has 1 fully saturated rings. The molecule has 1 aliphatic rings. The minimum atomic E-state index is -0.541. The van der Waals surface area contributed by atoms with Gasteiger partial charge in [0.2, 0.25) is 0 Å². The Morgan fingerprint density at radius 1 is 1.24 bits per heavy atom. The van der Waals surface area contributed by atoms with Crippen molar-refractivity contribution in [1.82, 2.24) is 9.88 Å². The summed E-state index contributed by atoms with van der Waals surface area (Å²) in [5.41, 5.74) is 0.830. The Morgan fingerprint density at radius 2 is 1.97 bits per heavy atom. The zero-order valence-corrected chi connectivity index (χ0v) is 17.9. The number of piperazine rings is 1. The van der Waals surface area contributed by atoms with Crippen LogP contribution in [0.2, 0.25) is 0 Å². The van der Waals surface area contributed by atoms with Gasteiger partial charge in [0, 0.05) is 19.6 Å². The molecule has 158 valence electrons. The topological polar surface area (TPSA) is 85.1 Å². The number of carbonyl (C=O) groups is 2. The number of fused-ring (bicyclic) bond motifs is 1. The van der Waals surface area contributed by atoms with E-state index in [0.29, 0.717) is 42.3 Å². The van der Waals surface area contributed by atoms with Crippen molar-refractivity contribution >= 4 is 29.2 Å². The molecule has 1 unspecified atom stereocenters. The van der Waals surface area contributed by atoms with Crippen LogP contribution in [0.25, 0.3) is 11.1 Å². The number of hydrogen-bond donors (Lipinski definition) is 0. The summed E-state index contributed by atoms with van der Waals surface area (Å²) in [4.78, 5) is 33.0. The summed E-state index contributed by atoms with van der Waals surface area (Å²) >= 11 is 0. The van der Waals surface area contributed by atoms with E-state index >= 15 is 0 Å². The molecular weight excluding hydrogens is 374 g/mol. The monoisotopic (exact) mass is 403 g/mol. The molecule has 1 aromatic carbocycles. The van der Waals surface area contributed by atoms with Gasteiger partial charge >= 0.3 is 12.1 Å². The molecule has 0 aliphatic carbocycles. The van der Waals surface area contributed by atoms with Crippen molar-refractivity contribution in [3.8, 4) is 0 Å². The first-order chi connectivity index (χ1) is 13.6. The second-order valence-corrected chi connectivity index (χ2v) is 8.57. The molecule has 1 atom stereocenters. The highest BCUT2D eigenvalue weighted by atomic mass is 16.6. The average molecular weight is 403 g/mol. The third kappa shape index (κ3) is 4.46. The van der Waals surface area contributed by atoms with Crippen LogP contribution in [0.15, 0.2) is 22.6 Å². The molecule has 0 radical (unpaired) electrons. The van der Waals surface area contributed by atoms with Crippen molar-refractivity contribution in [1.29, 1.82) is 0 Å². The first kappa shape index (κ1) is 21.0. The van der Waals surface area contributed by atoms with E-state index in [1.54, 1.807) is 23.1 Å². The van der Waals surface area contributed by atoms with Crippen molar-refractivity contribution in [3.63, 3.8) is 0 Å². The first-order valence-corrected chi connectivity index (χ1v) is 9.83. The normalized spacial score (nSPS) is 17.7. The standard InChI is InChI=1S/C21H29N3O5/c1-13(2)15-12-23(10-11-24(15)20(26)29-21(3,4)5)19-22-17-14(18(25)27-6)8-7-9-16(17)28-19/h7-9,13,15H,10-12H2,1-6H3. The van der Waals surface area contributed by atoms with E-state index in [1.165, 1.54) is 7.11 Å². The lowest BCUT2D eigenvalue weighted by atomic mass is 10.00. The number of anilines is 1. The van der Waals surface area contributed by atoms with Gasteiger partial charge in [-0.15, -0.1) is 0 Å². The van der Waals surface area contributed by atoms with Gasteiger partial charge in [-0.1, -0.05) is 19.9 Å². The van der Waals surface area contributed by atoms with Crippen LogP contribution in [0, 0.1) is 5.92 Å². The Morgan fingerprint density at radius 3 is 2.59 bits per heavy atom. The predicted molar refractivity (Wildman–Crippen MR) is 109 cm³/mol. The van der Waals surface area contributed by atoms with Crippen LogP contribution >= 0.6 is 0 Å². The summed E-state index contributed by atoms with van der Waals surface area (Å²) < 4.78 is 16.3. The molecule has 0 bridgehead atoms. The van der Waals surface area contributed by atoms with E-state index in [2.05, 4.69) is 18.8 Å². The molecule has 1 saturated heterocycles. The van der Waals surface area contributed by atoms with E-state index in [0.717, 1.165) is 0 Å². The number of nitrogens with zero attached hydrogens (tertiary/aromatic N) is 3. The molecule has 8 heteroatoms. The van der Waals surface area contributed by atoms with Gasteiger partial charge in [-0.05, 0) is 38.8 Å². The molecule has 3 rings (SSSR count). The zero-order valence-electron chi connectivity index (χ0n) is 17.9. The van der Waals surface area contributed by atoms with Crippen LogP contribution < -0.4 is 4.90 Å². The average Bonchev–Trinajstić information content (AvgIpc) is 3.09. The number of rotatable bonds is 3. The SMILES string of the molecule is COC(=O)c1cccc2oc(N3CCN(C(=O)OC(C)(C)C)C(C(C)C)C3)nc12. The Bertz CT molecular complexity index is 899. The second-order valence-electron chi connectivity index (χ2n) is 8.57. The van der Waals surface area contributed by atoms with E-state index in [9.17, 15) is 9.59 Å². The summed E-state index contributed by atoms with van der Waals surface area (Å²) in [5, 5.41) is 0. The molecule has 0 saturated carbocycles. The quantitative estimate of drug-likeness (QED) is 0.723. The largest absolute Gasteiger partial charge is 0.465 e. The minimum Gasteiger partial charge on any atom is -0.465 e. The van der Waals surface area contributed by atoms with Gasteiger partial charge in [0.25, 0.3) is 6.01 Å².